The summed E-state index contributed by atoms with van der Waals surface area (Å²) in [5, 5.41) is 0. The Hall–Kier alpha value is -1.66. The molecule has 102 valence electrons. The van der Waals surface area contributed by atoms with Crippen molar-refractivity contribution in [3.05, 3.63) is 64.9 Å². The van der Waals surface area contributed by atoms with Crippen LogP contribution in [0, 0.1) is 0 Å². The highest BCUT2D eigenvalue weighted by Crippen LogP contribution is 2.21. The lowest BCUT2D eigenvalue weighted by Gasteiger charge is -2.07. The van der Waals surface area contributed by atoms with Gasteiger partial charge in [0.2, 0.25) is 10.0 Å². The standard InChI is InChI=1S/C14H11BrN2O2S/c15-12-8-14-13(16-9-12)6-7-17(14)20(18,19)10-11-4-2-1-3-5-11/h1-9H,10H2. The van der Waals surface area contributed by atoms with E-state index in [0.29, 0.717) is 11.0 Å². The summed E-state index contributed by atoms with van der Waals surface area (Å²) in [5.74, 6) is -0.0376. The van der Waals surface area contributed by atoms with Gasteiger partial charge in [0.25, 0.3) is 0 Å². The van der Waals surface area contributed by atoms with Crippen LogP contribution in [-0.4, -0.2) is 17.4 Å². The Morgan fingerprint density at radius 1 is 1.15 bits per heavy atom. The summed E-state index contributed by atoms with van der Waals surface area (Å²) >= 11 is 3.31. The van der Waals surface area contributed by atoms with E-state index in [1.165, 1.54) is 3.97 Å². The third-order valence-electron chi connectivity index (χ3n) is 2.96. The maximum absolute atomic E-state index is 12.5. The molecule has 0 atom stereocenters. The quantitative estimate of drug-likeness (QED) is 0.728. The molecule has 0 N–H and O–H groups in total. The first-order valence-corrected chi connectivity index (χ1v) is 8.36. The van der Waals surface area contributed by atoms with E-state index in [9.17, 15) is 8.42 Å². The summed E-state index contributed by atoms with van der Waals surface area (Å²) in [5.41, 5.74) is 2.00. The summed E-state index contributed by atoms with van der Waals surface area (Å²) in [6, 6.07) is 12.6. The second-order valence-corrected chi connectivity index (χ2v) is 7.17. The molecule has 0 bridgehead atoms. The van der Waals surface area contributed by atoms with Crippen molar-refractivity contribution in [2.24, 2.45) is 0 Å². The van der Waals surface area contributed by atoms with Gasteiger partial charge in [-0.1, -0.05) is 30.3 Å². The van der Waals surface area contributed by atoms with Gasteiger partial charge in [0.05, 0.1) is 16.8 Å². The van der Waals surface area contributed by atoms with Gasteiger partial charge in [-0.05, 0) is 33.6 Å². The number of hydrogen-bond acceptors (Lipinski definition) is 3. The second-order valence-electron chi connectivity index (χ2n) is 4.41. The Morgan fingerprint density at radius 2 is 1.90 bits per heavy atom. The summed E-state index contributed by atoms with van der Waals surface area (Å²) in [6.07, 6.45) is 3.19. The summed E-state index contributed by atoms with van der Waals surface area (Å²) in [4.78, 5) is 4.19. The summed E-state index contributed by atoms with van der Waals surface area (Å²) < 4.78 is 27.1. The zero-order valence-corrected chi connectivity index (χ0v) is 12.8. The van der Waals surface area contributed by atoms with E-state index in [1.807, 2.05) is 18.2 Å². The van der Waals surface area contributed by atoms with Gasteiger partial charge < -0.3 is 0 Å². The fourth-order valence-electron chi connectivity index (χ4n) is 2.06. The topological polar surface area (TPSA) is 52.0 Å². The number of halogens is 1. The number of rotatable bonds is 3. The molecular formula is C14H11BrN2O2S. The van der Waals surface area contributed by atoms with E-state index < -0.39 is 10.0 Å². The molecule has 3 rings (SSSR count). The van der Waals surface area contributed by atoms with E-state index in [4.69, 9.17) is 0 Å². The molecule has 0 fully saturated rings. The molecule has 2 aromatic heterocycles. The van der Waals surface area contributed by atoms with E-state index in [0.717, 1.165) is 10.0 Å². The van der Waals surface area contributed by atoms with Gasteiger partial charge in [-0.2, -0.15) is 0 Å². The van der Waals surface area contributed by atoms with E-state index >= 15 is 0 Å². The zero-order valence-electron chi connectivity index (χ0n) is 10.4. The Balaban J connectivity index is 2.08. The van der Waals surface area contributed by atoms with Crippen LogP contribution in [0.4, 0.5) is 0 Å². The Morgan fingerprint density at radius 3 is 2.65 bits per heavy atom. The van der Waals surface area contributed by atoms with Gasteiger partial charge in [0.1, 0.15) is 0 Å². The van der Waals surface area contributed by atoms with Crippen molar-refractivity contribution >= 4 is 37.0 Å². The number of hydrogen-bond donors (Lipinski definition) is 0. The minimum absolute atomic E-state index is 0.0376. The third-order valence-corrected chi connectivity index (χ3v) is 5.01. The van der Waals surface area contributed by atoms with Crippen LogP contribution >= 0.6 is 15.9 Å². The van der Waals surface area contributed by atoms with Crippen molar-refractivity contribution in [1.82, 2.24) is 8.96 Å². The fourth-order valence-corrected chi connectivity index (χ4v) is 3.82. The summed E-state index contributed by atoms with van der Waals surface area (Å²) in [7, 11) is -3.46. The molecule has 3 aromatic rings. The van der Waals surface area contributed by atoms with Gasteiger partial charge in [-0.3, -0.25) is 4.98 Å². The van der Waals surface area contributed by atoms with Gasteiger partial charge in [0, 0.05) is 16.9 Å². The highest BCUT2D eigenvalue weighted by atomic mass is 79.9. The lowest BCUT2D eigenvalue weighted by atomic mass is 10.2. The van der Waals surface area contributed by atoms with E-state index in [-0.39, 0.29) is 5.75 Å². The van der Waals surface area contributed by atoms with Gasteiger partial charge in [-0.15, -0.1) is 0 Å². The smallest absolute Gasteiger partial charge is 0.243 e. The minimum Gasteiger partial charge on any atom is -0.253 e. The first kappa shape index (κ1) is 13.3. The van der Waals surface area contributed by atoms with Crippen LogP contribution in [0.1, 0.15) is 5.56 Å². The van der Waals surface area contributed by atoms with Gasteiger partial charge >= 0.3 is 0 Å². The van der Waals surface area contributed by atoms with Crippen molar-refractivity contribution in [2.45, 2.75) is 5.75 Å². The molecule has 0 amide bonds. The zero-order chi connectivity index (χ0) is 14.2. The number of pyridine rings is 1. The lowest BCUT2D eigenvalue weighted by molar-refractivity contribution is 0.588. The highest BCUT2D eigenvalue weighted by molar-refractivity contribution is 9.10. The molecule has 2 heterocycles. The summed E-state index contributed by atoms with van der Waals surface area (Å²) in [6.45, 7) is 0. The molecule has 0 saturated carbocycles. The first-order chi connectivity index (χ1) is 9.56. The number of aromatic nitrogens is 2. The van der Waals surface area contributed by atoms with Gasteiger partial charge in [0.15, 0.2) is 0 Å². The molecule has 1 aromatic carbocycles. The molecule has 4 nitrogen and oxygen atoms in total. The van der Waals surface area contributed by atoms with Crippen LogP contribution in [-0.2, 0) is 15.8 Å². The largest absolute Gasteiger partial charge is 0.253 e. The van der Waals surface area contributed by atoms with E-state index in [1.54, 1.807) is 36.7 Å². The number of fused-ring (bicyclic) bond motifs is 1. The maximum Gasteiger partial charge on any atom is 0.243 e. The predicted octanol–water partition coefficient (Wildman–Crippen LogP) is 3.18. The van der Waals surface area contributed by atoms with Crippen LogP contribution in [0.3, 0.4) is 0 Å². The number of nitrogens with zero attached hydrogens (tertiary/aromatic N) is 2. The third kappa shape index (κ3) is 2.48. The fraction of sp³-hybridized carbons (Fsp3) is 0.0714. The molecule has 0 aliphatic carbocycles. The molecule has 0 saturated heterocycles. The Kier molecular flexibility index (Phi) is 3.35. The van der Waals surface area contributed by atoms with Crippen molar-refractivity contribution in [3.8, 4) is 0 Å². The average Bonchev–Trinajstić information content (AvgIpc) is 2.83. The maximum atomic E-state index is 12.5. The molecule has 0 aliphatic heterocycles. The average molecular weight is 351 g/mol. The molecule has 0 radical (unpaired) electrons. The van der Waals surface area contributed by atoms with Crippen LogP contribution in [0.2, 0.25) is 0 Å². The van der Waals surface area contributed by atoms with Crippen molar-refractivity contribution < 1.29 is 8.42 Å². The SMILES string of the molecule is O=S(=O)(Cc1ccccc1)n1ccc2ncc(Br)cc21. The van der Waals surface area contributed by atoms with E-state index in [2.05, 4.69) is 20.9 Å². The molecule has 0 aliphatic rings. The Labute approximate surface area is 125 Å². The molecule has 0 spiro atoms. The monoisotopic (exact) mass is 350 g/mol. The number of benzene rings is 1. The lowest BCUT2D eigenvalue weighted by Crippen LogP contribution is -2.14. The molecule has 6 heteroatoms. The predicted molar refractivity (Wildman–Crippen MR) is 81.9 cm³/mol. The van der Waals surface area contributed by atoms with Gasteiger partial charge in [-0.25, -0.2) is 12.4 Å². The molecule has 0 unspecified atom stereocenters. The van der Waals surface area contributed by atoms with Crippen molar-refractivity contribution in [3.63, 3.8) is 0 Å². The minimum atomic E-state index is -3.46. The van der Waals surface area contributed by atoms with Crippen molar-refractivity contribution in [1.29, 1.82) is 0 Å². The van der Waals surface area contributed by atoms with Crippen LogP contribution in [0.15, 0.2) is 59.3 Å². The molecular weight excluding hydrogens is 340 g/mol. The van der Waals surface area contributed by atoms with Crippen LogP contribution in [0.5, 0.6) is 0 Å². The second kappa shape index (κ2) is 5.03. The van der Waals surface area contributed by atoms with Crippen LogP contribution < -0.4 is 0 Å². The first-order valence-electron chi connectivity index (χ1n) is 5.96. The highest BCUT2D eigenvalue weighted by Gasteiger charge is 2.17. The Bertz CT molecular complexity index is 857. The van der Waals surface area contributed by atoms with Crippen molar-refractivity contribution in [2.75, 3.05) is 0 Å². The molecule has 20 heavy (non-hydrogen) atoms. The normalized spacial score (nSPS) is 11.8. The van der Waals surface area contributed by atoms with Crippen LogP contribution in [0.25, 0.3) is 11.0 Å².